The molecule has 1 N–H and O–H groups in total. The van der Waals surface area contributed by atoms with E-state index in [4.69, 9.17) is 0 Å². The average Bonchev–Trinajstić information content (AvgIpc) is 2.12. The van der Waals surface area contributed by atoms with Crippen LogP contribution < -0.4 is 5.54 Å². The van der Waals surface area contributed by atoms with Crippen LogP contribution in [0.4, 0.5) is 4.48 Å². The number of rotatable bonds is 0. The molecule has 76 valence electrons. The highest BCUT2D eigenvalue weighted by Gasteiger charge is 2.38. The fraction of sp³-hybridized carbons (Fsp3) is 0.900. The molecule has 1 rings (SSSR count). The van der Waals surface area contributed by atoms with Gasteiger partial charge in [0.25, 0.3) is 0 Å². The largest absolute Gasteiger partial charge is 0.270 e. The van der Waals surface area contributed by atoms with Crippen molar-refractivity contribution in [3.05, 3.63) is 0 Å². The fourth-order valence-corrected chi connectivity index (χ4v) is 1.43. The van der Waals surface area contributed by atoms with Gasteiger partial charge in [0.2, 0.25) is 0 Å². The van der Waals surface area contributed by atoms with E-state index in [1.807, 2.05) is 0 Å². The van der Waals surface area contributed by atoms with Gasteiger partial charge >= 0.3 is 0 Å². The van der Waals surface area contributed by atoms with Crippen LogP contribution in [0.3, 0.4) is 0 Å². The zero-order valence-corrected chi connectivity index (χ0v) is 8.95. The predicted octanol–water partition coefficient (Wildman–Crippen LogP) is 2.71. The molecule has 1 heterocycles. The maximum atomic E-state index is 12.2. The van der Waals surface area contributed by atoms with E-state index in [9.17, 15) is 4.48 Å². The van der Waals surface area contributed by atoms with Gasteiger partial charge in [-0.1, -0.05) is 27.7 Å². The summed E-state index contributed by atoms with van der Waals surface area (Å²) < 4.78 is 12.2. The Morgan fingerprint density at radius 3 is 2.38 bits per heavy atom. The van der Waals surface area contributed by atoms with Gasteiger partial charge in [-0.05, 0) is 17.3 Å². The highest BCUT2D eigenvalue weighted by atomic mass is 19.2. The van der Waals surface area contributed by atoms with Crippen LogP contribution in [0.2, 0.25) is 0 Å². The van der Waals surface area contributed by atoms with E-state index in [0.29, 0.717) is 18.8 Å². The molecule has 3 heteroatoms. The SMILES string of the molecule is CC1(C)CCC(NF)=NCC1(C)C. The van der Waals surface area contributed by atoms with E-state index >= 15 is 0 Å². The van der Waals surface area contributed by atoms with Crippen molar-refractivity contribution in [1.82, 2.24) is 5.54 Å². The molecule has 0 aromatic heterocycles. The molecule has 0 aliphatic carbocycles. The molecule has 0 bridgehead atoms. The summed E-state index contributed by atoms with van der Waals surface area (Å²) in [5.74, 6) is 0.499. The van der Waals surface area contributed by atoms with Gasteiger partial charge in [-0.3, -0.25) is 4.99 Å². The Balaban J connectivity index is 2.82. The molecule has 13 heavy (non-hydrogen) atoms. The highest BCUT2D eigenvalue weighted by Crippen LogP contribution is 2.43. The summed E-state index contributed by atoms with van der Waals surface area (Å²) in [6.07, 6.45) is 1.70. The molecular weight excluding hydrogens is 167 g/mol. The molecule has 0 saturated heterocycles. The second kappa shape index (κ2) is 3.28. The zero-order valence-electron chi connectivity index (χ0n) is 8.95. The van der Waals surface area contributed by atoms with Gasteiger partial charge in [0.1, 0.15) is 5.84 Å². The zero-order chi connectivity index (χ0) is 10.1. The van der Waals surface area contributed by atoms with Crippen LogP contribution in [-0.4, -0.2) is 12.4 Å². The molecule has 0 spiro atoms. The molecule has 0 atom stereocenters. The second-order valence-electron chi connectivity index (χ2n) is 5.13. The number of hydrogen-bond acceptors (Lipinski definition) is 2. The van der Waals surface area contributed by atoms with Crippen molar-refractivity contribution in [2.75, 3.05) is 6.54 Å². The van der Waals surface area contributed by atoms with E-state index in [1.54, 1.807) is 5.54 Å². The minimum atomic E-state index is 0.144. The van der Waals surface area contributed by atoms with Crippen molar-refractivity contribution in [3.8, 4) is 0 Å². The fourth-order valence-electron chi connectivity index (χ4n) is 1.43. The minimum absolute atomic E-state index is 0.144. The number of amidine groups is 1. The lowest BCUT2D eigenvalue weighted by atomic mass is 9.66. The molecule has 0 unspecified atom stereocenters. The summed E-state index contributed by atoms with van der Waals surface area (Å²) in [6.45, 7) is 9.54. The molecule has 0 saturated carbocycles. The van der Waals surface area contributed by atoms with Gasteiger partial charge in [-0.25, -0.2) is 5.54 Å². The van der Waals surface area contributed by atoms with Gasteiger partial charge in [-0.2, -0.15) is 0 Å². The molecule has 0 amide bonds. The Labute approximate surface area is 79.6 Å². The summed E-state index contributed by atoms with van der Waals surface area (Å²) in [7, 11) is 0. The maximum Gasteiger partial charge on any atom is 0.125 e. The molecule has 0 aromatic rings. The summed E-state index contributed by atoms with van der Waals surface area (Å²) in [6, 6.07) is 0. The van der Waals surface area contributed by atoms with Crippen molar-refractivity contribution >= 4 is 5.84 Å². The van der Waals surface area contributed by atoms with Crippen molar-refractivity contribution in [2.45, 2.75) is 40.5 Å². The van der Waals surface area contributed by atoms with Crippen LogP contribution in [-0.2, 0) is 0 Å². The van der Waals surface area contributed by atoms with E-state index < -0.39 is 0 Å². The molecule has 1 aliphatic heterocycles. The van der Waals surface area contributed by atoms with E-state index in [1.165, 1.54) is 0 Å². The van der Waals surface area contributed by atoms with Crippen molar-refractivity contribution in [1.29, 1.82) is 0 Å². The lowest BCUT2D eigenvalue weighted by Crippen LogP contribution is -2.34. The Kier molecular flexibility index (Phi) is 2.64. The van der Waals surface area contributed by atoms with Crippen molar-refractivity contribution in [3.63, 3.8) is 0 Å². The van der Waals surface area contributed by atoms with Gasteiger partial charge in [0, 0.05) is 13.0 Å². The first kappa shape index (κ1) is 10.5. The molecule has 2 nitrogen and oxygen atoms in total. The Bertz CT molecular complexity index is 219. The minimum Gasteiger partial charge on any atom is -0.270 e. The van der Waals surface area contributed by atoms with Gasteiger partial charge in [0.15, 0.2) is 0 Å². The lowest BCUT2D eigenvalue weighted by molar-refractivity contribution is 0.115. The molecule has 0 radical (unpaired) electrons. The summed E-state index contributed by atoms with van der Waals surface area (Å²) in [5, 5.41) is 0. The van der Waals surface area contributed by atoms with Crippen LogP contribution in [0.1, 0.15) is 40.5 Å². The van der Waals surface area contributed by atoms with Crippen LogP contribution >= 0.6 is 0 Å². The van der Waals surface area contributed by atoms with Gasteiger partial charge < -0.3 is 0 Å². The number of aliphatic imine (C=N–C) groups is 1. The maximum absolute atomic E-state index is 12.2. The first-order valence-electron chi connectivity index (χ1n) is 4.79. The number of hydrogen-bond donors (Lipinski definition) is 1. The van der Waals surface area contributed by atoms with Crippen LogP contribution in [0.5, 0.6) is 0 Å². The summed E-state index contributed by atoms with van der Waals surface area (Å²) >= 11 is 0. The second-order valence-corrected chi connectivity index (χ2v) is 5.13. The topological polar surface area (TPSA) is 24.4 Å². The van der Waals surface area contributed by atoms with Gasteiger partial charge in [-0.15, -0.1) is 4.48 Å². The summed E-state index contributed by atoms with van der Waals surface area (Å²) in [4.78, 5) is 4.22. The van der Waals surface area contributed by atoms with Crippen molar-refractivity contribution < 1.29 is 4.48 Å². The molecule has 0 aromatic carbocycles. The van der Waals surface area contributed by atoms with E-state index in [2.05, 4.69) is 32.7 Å². The quantitative estimate of drug-likeness (QED) is 0.578. The Morgan fingerprint density at radius 1 is 1.23 bits per heavy atom. The molecule has 0 fully saturated rings. The van der Waals surface area contributed by atoms with E-state index in [0.717, 1.165) is 6.42 Å². The first-order chi connectivity index (χ1) is 5.89. The number of nitrogens with zero attached hydrogens (tertiary/aromatic N) is 1. The third kappa shape index (κ3) is 2.01. The normalized spacial score (nSPS) is 26.1. The Hall–Kier alpha value is -0.600. The third-order valence-electron chi connectivity index (χ3n) is 3.59. The smallest absolute Gasteiger partial charge is 0.125 e. The Morgan fingerprint density at radius 2 is 1.85 bits per heavy atom. The van der Waals surface area contributed by atoms with Crippen LogP contribution in [0, 0.1) is 10.8 Å². The number of nitrogens with one attached hydrogen (secondary N) is 1. The third-order valence-corrected chi connectivity index (χ3v) is 3.59. The highest BCUT2D eigenvalue weighted by molar-refractivity contribution is 5.81. The molecule has 1 aliphatic rings. The van der Waals surface area contributed by atoms with Crippen LogP contribution in [0.15, 0.2) is 4.99 Å². The standard InChI is InChI=1S/C10H19FN2/c1-9(2)6-5-8(13-11)12-7-10(9,3)4/h5-7H2,1-4H3,(H,12,13). The monoisotopic (exact) mass is 186 g/mol. The summed E-state index contributed by atoms with van der Waals surface area (Å²) in [5.41, 5.74) is 2.03. The number of halogens is 1. The van der Waals surface area contributed by atoms with Crippen LogP contribution in [0.25, 0.3) is 0 Å². The predicted molar refractivity (Wildman–Crippen MR) is 53.3 cm³/mol. The van der Waals surface area contributed by atoms with Gasteiger partial charge in [0.05, 0.1) is 0 Å². The van der Waals surface area contributed by atoms with E-state index in [-0.39, 0.29) is 10.8 Å². The first-order valence-corrected chi connectivity index (χ1v) is 4.79. The lowest BCUT2D eigenvalue weighted by Gasteiger charge is -2.39. The van der Waals surface area contributed by atoms with Crippen molar-refractivity contribution in [2.24, 2.45) is 15.8 Å². The molecular formula is C10H19FN2. The average molecular weight is 186 g/mol.